The van der Waals surface area contributed by atoms with Gasteiger partial charge in [-0.1, -0.05) is 6.07 Å². The quantitative estimate of drug-likeness (QED) is 0.793. The third-order valence-electron chi connectivity index (χ3n) is 4.48. The van der Waals surface area contributed by atoms with Crippen LogP contribution in [0.25, 0.3) is 0 Å². The molecule has 0 spiro atoms. The summed E-state index contributed by atoms with van der Waals surface area (Å²) in [5.74, 6) is -0.00739. The fraction of sp³-hybridized carbons (Fsp3) is 0.500. The zero-order valence-corrected chi connectivity index (χ0v) is 13.2. The van der Waals surface area contributed by atoms with E-state index < -0.39 is 5.91 Å². The van der Waals surface area contributed by atoms with Crippen LogP contribution in [0.2, 0.25) is 0 Å². The second-order valence-corrected chi connectivity index (χ2v) is 6.17. The molecule has 3 rings (SSSR count). The summed E-state index contributed by atoms with van der Waals surface area (Å²) in [6, 6.07) is 7.95. The first-order chi connectivity index (χ1) is 10.1. The lowest BCUT2D eigenvalue weighted by atomic mass is 9.89. The fourth-order valence-corrected chi connectivity index (χ4v) is 3.57. The lowest BCUT2D eigenvalue weighted by molar-refractivity contribution is -0.117. The van der Waals surface area contributed by atoms with E-state index in [1.807, 2.05) is 0 Å². The van der Waals surface area contributed by atoms with Crippen LogP contribution >= 0.6 is 12.4 Å². The maximum absolute atomic E-state index is 12.1. The predicted octanol–water partition coefficient (Wildman–Crippen LogP) is 2.07. The number of carbonyl (C=O) groups excluding carboxylic acids is 2. The Morgan fingerprint density at radius 2 is 1.91 bits per heavy atom. The van der Waals surface area contributed by atoms with Gasteiger partial charge in [-0.25, -0.2) is 0 Å². The van der Waals surface area contributed by atoms with Crippen molar-refractivity contribution in [2.45, 2.75) is 44.2 Å². The summed E-state index contributed by atoms with van der Waals surface area (Å²) in [7, 11) is 0. The molecule has 4 N–H and O–H groups in total. The molecule has 0 saturated carbocycles. The maximum Gasteiger partial charge on any atom is 0.248 e. The molecule has 0 radical (unpaired) electrons. The molecule has 2 fully saturated rings. The number of hydrogen-bond donors (Lipinski definition) is 3. The first-order valence-electron chi connectivity index (χ1n) is 7.56. The molecule has 1 aromatic rings. The molecule has 1 aromatic carbocycles. The molecule has 2 heterocycles. The van der Waals surface area contributed by atoms with Gasteiger partial charge in [0.2, 0.25) is 11.8 Å². The zero-order valence-electron chi connectivity index (χ0n) is 12.4. The molecule has 2 bridgehead atoms. The van der Waals surface area contributed by atoms with Gasteiger partial charge < -0.3 is 16.4 Å². The summed E-state index contributed by atoms with van der Waals surface area (Å²) in [6.07, 6.45) is 5.21. The Morgan fingerprint density at radius 3 is 2.55 bits per heavy atom. The van der Waals surface area contributed by atoms with E-state index in [2.05, 4.69) is 10.6 Å². The molecule has 2 amide bonds. The minimum atomic E-state index is -0.485. The van der Waals surface area contributed by atoms with Crippen LogP contribution in [0, 0.1) is 5.92 Å². The standard InChI is InChI=1S/C16H21N3O2.ClH/c17-16(21)11-2-1-3-12(9-11)19-15(20)8-10-6-13-4-5-14(7-10)18-13;/h1-3,9-10,13-14,18H,4-8H2,(H2,17,21)(H,19,20);1H. The molecule has 2 saturated heterocycles. The van der Waals surface area contributed by atoms with Crippen molar-refractivity contribution in [3.63, 3.8) is 0 Å². The smallest absolute Gasteiger partial charge is 0.248 e. The normalized spacial score (nSPS) is 26.1. The van der Waals surface area contributed by atoms with Gasteiger partial charge in [0.05, 0.1) is 0 Å². The molecule has 0 aliphatic carbocycles. The first-order valence-corrected chi connectivity index (χ1v) is 7.56. The molecule has 2 aliphatic rings. The lowest BCUT2D eigenvalue weighted by Crippen LogP contribution is -2.39. The lowest BCUT2D eigenvalue weighted by Gasteiger charge is -2.28. The number of nitrogens with one attached hydrogen (secondary N) is 2. The first kappa shape index (κ1) is 16.8. The van der Waals surface area contributed by atoms with E-state index in [9.17, 15) is 9.59 Å². The Bertz CT molecular complexity index is 552. The van der Waals surface area contributed by atoms with Crippen LogP contribution in [0.15, 0.2) is 24.3 Å². The molecule has 5 nitrogen and oxygen atoms in total. The van der Waals surface area contributed by atoms with Crippen LogP contribution in [0.4, 0.5) is 5.69 Å². The van der Waals surface area contributed by atoms with Crippen molar-refractivity contribution >= 4 is 29.9 Å². The Kier molecular flexibility index (Phi) is 5.42. The molecule has 22 heavy (non-hydrogen) atoms. The van der Waals surface area contributed by atoms with E-state index in [1.54, 1.807) is 24.3 Å². The number of fused-ring (bicyclic) bond motifs is 2. The molecule has 120 valence electrons. The number of nitrogens with two attached hydrogens (primary N) is 1. The van der Waals surface area contributed by atoms with Crippen molar-refractivity contribution in [1.82, 2.24) is 5.32 Å². The summed E-state index contributed by atoms with van der Waals surface area (Å²) < 4.78 is 0. The third kappa shape index (κ3) is 3.99. The Hall–Kier alpha value is -1.59. The monoisotopic (exact) mass is 323 g/mol. The highest BCUT2D eigenvalue weighted by Gasteiger charge is 2.34. The van der Waals surface area contributed by atoms with E-state index in [0.717, 1.165) is 12.8 Å². The summed E-state index contributed by atoms with van der Waals surface area (Å²) in [4.78, 5) is 23.3. The van der Waals surface area contributed by atoms with Gasteiger partial charge in [0.25, 0.3) is 0 Å². The number of amides is 2. The van der Waals surface area contributed by atoms with Crippen molar-refractivity contribution in [2.75, 3.05) is 5.32 Å². The highest BCUT2D eigenvalue weighted by atomic mass is 35.5. The average molecular weight is 324 g/mol. The maximum atomic E-state index is 12.1. The Morgan fingerprint density at radius 1 is 1.23 bits per heavy atom. The fourth-order valence-electron chi connectivity index (χ4n) is 3.57. The number of rotatable bonds is 4. The predicted molar refractivity (Wildman–Crippen MR) is 88.1 cm³/mol. The summed E-state index contributed by atoms with van der Waals surface area (Å²) in [5.41, 5.74) is 6.28. The molecule has 2 atom stereocenters. The van der Waals surface area contributed by atoms with Crippen LogP contribution in [-0.2, 0) is 4.79 Å². The van der Waals surface area contributed by atoms with E-state index in [4.69, 9.17) is 5.73 Å². The van der Waals surface area contributed by atoms with Gasteiger partial charge in [0.1, 0.15) is 0 Å². The second kappa shape index (κ2) is 7.11. The largest absolute Gasteiger partial charge is 0.366 e. The highest BCUT2D eigenvalue weighted by molar-refractivity contribution is 5.96. The second-order valence-electron chi connectivity index (χ2n) is 6.17. The van der Waals surface area contributed by atoms with Gasteiger partial charge in [0.15, 0.2) is 0 Å². The van der Waals surface area contributed by atoms with Crippen molar-refractivity contribution in [3.05, 3.63) is 29.8 Å². The van der Waals surface area contributed by atoms with Gasteiger partial charge in [0, 0.05) is 29.8 Å². The molecular formula is C16H22ClN3O2. The minimum absolute atomic E-state index is 0. The minimum Gasteiger partial charge on any atom is -0.366 e. The van der Waals surface area contributed by atoms with Crippen molar-refractivity contribution < 1.29 is 9.59 Å². The van der Waals surface area contributed by atoms with Crippen molar-refractivity contribution in [2.24, 2.45) is 11.7 Å². The van der Waals surface area contributed by atoms with Gasteiger partial charge in [-0.3, -0.25) is 9.59 Å². The summed E-state index contributed by atoms with van der Waals surface area (Å²) in [5, 5.41) is 6.45. The summed E-state index contributed by atoms with van der Waals surface area (Å²) in [6.45, 7) is 0. The zero-order chi connectivity index (χ0) is 14.8. The number of hydrogen-bond acceptors (Lipinski definition) is 3. The highest BCUT2D eigenvalue weighted by Crippen LogP contribution is 2.32. The van der Waals surface area contributed by atoms with Crippen molar-refractivity contribution in [1.29, 1.82) is 0 Å². The van der Waals surface area contributed by atoms with E-state index in [0.29, 0.717) is 35.7 Å². The average Bonchev–Trinajstić information content (AvgIpc) is 2.78. The van der Waals surface area contributed by atoms with E-state index >= 15 is 0 Å². The van der Waals surface area contributed by atoms with Crippen LogP contribution in [0.1, 0.15) is 42.5 Å². The van der Waals surface area contributed by atoms with Crippen LogP contribution in [0.5, 0.6) is 0 Å². The van der Waals surface area contributed by atoms with Crippen LogP contribution < -0.4 is 16.4 Å². The van der Waals surface area contributed by atoms with Gasteiger partial charge >= 0.3 is 0 Å². The van der Waals surface area contributed by atoms with Crippen LogP contribution in [0.3, 0.4) is 0 Å². The number of benzene rings is 1. The topological polar surface area (TPSA) is 84.2 Å². The number of anilines is 1. The Balaban J connectivity index is 0.00000176. The summed E-state index contributed by atoms with van der Waals surface area (Å²) >= 11 is 0. The van der Waals surface area contributed by atoms with E-state index in [1.165, 1.54) is 12.8 Å². The molecule has 6 heteroatoms. The number of halogens is 1. The third-order valence-corrected chi connectivity index (χ3v) is 4.48. The van der Waals surface area contributed by atoms with E-state index in [-0.39, 0.29) is 18.3 Å². The number of piperidine rings is 1. The molecule has 2 aliphatic heterocycles. The van der Waals surface area contributed by atoms with Crippen LogP contribution in [-0.4, -0.2) is 23.9 Å². The van der Waals surface area contributed by atoms with Crippen molar-refractivity contribution in [3.8, 4) is 0 Å². The SMILES string of the molecule is Cl.NC(=O)c1cccc(NC(=O)CC2CC3CCC(C2)N3)c1. The van der Waals surface area contributed by atoms with Gasteiger partial charge in [-0.15, -0.1) is 12.4 Å². The van der Waals surface area contributed by atoms with Gasteiger partial charge in [-0.2, -0.15) is 0 Å². The van der Waals surface area contributed by atoms with Gasteiger partial charge in [-0.05, 0) is 49.8 Å². The molecule has 2 unspecified atom stereocenters. The number of primary amides is 1. The molecule has 0 aromatic heterocycles. The number of carbonyl (C=O) groups is 2. The molecular weight excluding hydrogens is 302 g/mol. The Labute approximate surface area is 136 Å².